The third kappa shape index (κ3) is 4.48. The number of nitrogens with two attached hydrogens (primary N) is 1. The van der Waals surface area contributed by atoms with E-state index in [1.165, 1.54) is 0 Å². The van der Waals surface area contributed by atoms with E-state index in [0.717, 1.165) is 19.3 Å². The summed E-state index contributed by atoms with van der Waals surface area (Å²) >= 11 is 0. The molecule has 5 N–H and O–H groups in total. The van der Waals surface area contributed by atoms with Gasteiger partial charge in [-0.1, -0.05) is 12.1 Å². The fourth-order valence-corrected chi connectivity index (χ4v) is 1.42. The Labute approximate surface area is 95.3 Å². The average Bonchev–Trinajstić information content (AvgIpc) is 3.07. The lowest BCUT2D eigenvalue weighted by atomic mass is 10.2. The number of oxime groups is 1. The van der Waals surface area contributed by atoms with Crippen molar-refractivity contribution < 1.29 is 10.0 Å². The Hall–Kier alpha value is -1.30. The van der Waals surface area contributed by atoms with E-state index in [9.17, 15) is 4.79 Å². The predicted octanol–water partition coefficient (Wildman–Crippen LogP) is -0.230. The van der Waals surface area contributed by atoms with Gasteiger partial charge in [-0.25, -0.2) is 0 Å². The van der Waals surface area contributed by atoms with Gasteiger partial charge in [0.05, 0.1) is 6.04 Å². The zero-order valence-electron chi connectivity index (χ0n) is 9.57. The molecule has 1 saturated carbocycles. The minimum absolute atomic E-state index is 0.0596. The molecule has 92 valence electrons. The molecule has 0 heterocycles. The van der Waals surface area contributed by atoms with Gasteiger partial charge in [-0.15, -0.1) is 0 Å². The first-order valence-corrected chi connectivity index (χ1v) is 5.67. The van der Waals surface area contributed by atoms with Crippen LogP contribution in [0.1, 0.15) is 32.6 Å². The van der Waals surface area contributed by atoms with Gasteiger partial charge < -0.3 is 21.6 Å². The van der Waals surface area contributed by atoms with E-state index in [2.05, 4.69) is 15.8 Å². The molecule has 6 nitrogen and oxygen atoms in total. The zero-order chi connectivity index (χ0) is 12.0. The smallest absolute Gasteiger partial charge is 0.221 e. The quantitative estimate of drug-likeness (QED) is 0.209. The maximum absolute atomic E-state index is 11.3. The molecule has 1 amide bonds. The molecule has 1 atom stereocenters. The second-order valence-corrected chi connectivity index (χ2v) is 4.03. The second-order valence-electron chi connectivity index (χ2n) is 4.03. The van der Waals surface area contributed by atoms with Crippen LogP contribution in [-0.4, -0.2) is 35.6 Å². The third-order valence-corrected chi connectivity index (χ3v) is 2.57. The van der Waals surface area contributed by atoms with Crippen molar-refractivity contribution in [3.05, 3.63) is 0 Å². The summed E-state index contributed by atoms with van der Waals surface area (Å²) in [5.41, 5.74) is 5.47. The number of carbonyl (C=O) groups is 1. The number of nitrogens with one attached hydrogen (secondary N) is 2. The summed E-state index contributed by atoms with van der Waals surface area (Å²) in [6, 6.07) is 0.234. The molecule has 1 unspecified atom stereocenters. The van der Waals surface area contributed by atoms with Crippen LogP contribution in [0, 0.1) is 0 Å². The third-order valence-electron chi connectivity index (χ3n) is 2.57. The Morgan fingerprint density at radius 1 is 1.62 bits per heavy atom. The van der Waals surface area contributed by atoms with E-state index >= 15 is 0 Å². The van der Waals surface area contributed by atoms with Gasteiger partial charge in [-0.3, -0.25) is 4.79 Å². The van der Waals surface area contributed by atoms with E-state index < -0.39 is 0 Å². The van der Waals surface area contributed by atoms with Crippen LogP contribution < -0.4 is 16.4 Å². The fourth-order valence-electron chi connectivity index (χ4n) is 1.42. The van der Waals surface area contributed by atoms with E-state index in [4.69, 9.17) is 10.9 Å². The highest BCUT2D eigenvalue weighted by atomic mass is 16.4. The van der Waals surface area contributed by atoms with Gasteiger partial charge in [0.25, 0.3) is 0 Å². The number of hydrogen-bond donors (Lipinski definition) is 4. The Bertz CT molecular complexity index is 264. The number of amides is 1. The molecule has 0 spiro atoms. The summed E-state index contributed by atoms with van der Waals surface area (Å²) in [5, 5.41) is 17.4. The van der Waals surface area contributed by atoms with Crippen LogP contribution in [0.4, 0.5) is 0 Å². The van der Waals surface area contributed by atoms with Crippen molar-refractivity contribution in [3.8, 4) is 0 Å². The van der Waals surface area contributed by atoms with Crippen molar-refractivity contribution in [3.63, 3.8) is 0 Å². The van der Waals surface area contributed by atoms with Gasteiger partial charge in [-0.05, 0) is 19.3 Å². The highest BCUT2D eigenvalue weighted by Crippen LogP contribution is 2.18. The summed E-state index contributed by atoms with van der Waals surface area (Å²) in [5.74, 6) is 0.217. The van der Waals surface area contributed by atoms with Crippen molar-refractivity contribution in [2.75, 3.05) is 6.54 Å². The number of amidine groups is 1. The summed E-state index contributed by atoms with van der Waals surface area (Å²) in [6.07, 6.45) is 3.34. The highest BCUT2D eigenvalue weighted by Gasteiger charge is 2.22. The maximum atomic E-state index is 11.3. The maximum Gasteiger partial charge on any atom is 0.221 e. The first-order valence-electron chi connectivity index (χ1n) is 5.67. The van der Waals surface area contributed by atoms with Crippen molar-refractivity contribution in [1.29, 1.82) is 0 Å². The van der Waals surface area contributed by atoms with E-state index in [0.29, 0.717) is 19.0 Å². The number of hydrogen-bond acceptors (Lipinski definition) is 4. The van der Waals surface area contributed by atoms with Crippen molar-refractivity contribution in [2.24, 2.45) is 10.9 Å². The van der Waals surface area contributed by atoms with Gasteiger partial charge in [0.2, 0.25) is 5.91 Å². The normalized spacial score (nSPS) is 18.2. The lowest BCUT2D eigenvalue weighted by molar-refractivity contribution is -0.121. The highest BCUT2D eigenvalue weighted by molar-refractivity contribution is 5.85. The molecule has 1 aliphatic carbocycles. The average molecular weight is 228 g/mol. The summed E-state index contributed by atoms with van der Waals surface area (Å²) in [7, 11) is 0. The van der Waals surface area contributed by atoms with Crippen LogP contribution in [0.15, 0.2) is 5.16 Å². The van der Waals surface area contributed by atoms with E-state index in [1.807, 2.05) is 6.92 Å². The van der Waals surface area contributed by atoms with Crippen LogP contribution in [0.3, 0.4) is 0 Å². The summed E-state index contributed by atoms with van der Waals surface area (Å²) in [6.45, 7) is 2.47. The molecule has 6 heteroatoms. The molecule has 0 radical (unpaired) electrons. The van der Waals surface area contributed by atoms with Crippen LogP contribution >= 0.6 is 0 Å². The lowest BCUT2D eigenvalue weighted by Gasteiger charge is -2.14. The van der Waals surface area contributed by atoms with Gasteiger partial charge in [0.1, 0.15) is 0 Å². The van der Waals surface area contributed by atoms with E-state index in [1.54, 1.807) is 0 Å². The van der Waals surface area contributed by atoms with Crippen molar-refractivity contribution >= 4 is 11.7 Å². The monoisotopic (exact) mass is 228 g/mol. The number of nitrogens with zero attached hydrogens (tertiary/aromatic N) is 1. The van der Waals surface area contributed by atoms with E-state index in [-0.39, 0.29) is 17.8 Å². The number of carbonyl (C=O) groups excluding carboxylic acids is 1. The predicted molar refractivity (Wildman–Crippen MR) is 61.3 cm³/mol. The van der Waals surface area contributed by atoms with Crippen LogP contribution in [0.5, 0.6) is 0 Å². The Balaban J connectivity index is 2.14. The Morgan fingerprint density at radius 3 is 2.81 bits per heavy atom. The molecule has 16 heavy (non-hydrogen) atoms. The van der Waals surface area contributed by atoms with Gasteiger partial charge >= 0.3 is 0 Å². The molecule has 0 aromatic rings. The largest absolute Gasteiger partial charge is 0.409 e. The molecule has 1 fully saturated rings. The van der Waals surface area contributed by atoms with Gasteiger partial charge in [-0.2, -0.15) is 0 Å². The van der Waals surface area contributed by atoms with Crippen LogP contribution in [0.25, 0.3) is 0 Å². The topological polar surface area (TPSA) is 99.7 Å². The minimum atomic E-state index is -0.168. The molecule has 1 rings (SSSR count). The summed E-state index contributed by atoms with van der Waals surface area (Å²) in [4.78, 5) is 11.3. The molecule has 0 aliphatic heterocycles. The van der Waals surface area contributed by atoms with Crippen molar-refractivity contribution in [2.45, 2.75) is 44.7 Å². The molecule has 0 bridgehead atoms. The lowest BCUT2D eigenvalue weighted by Crippen LogP contribution is -2.42. The van der Waals surface area contributed by atoms with Crippen LogP contribution in [-0.2, 0) is 4.79 Å². The molecular formula is C10H20N4O2. The van der Waals surface area contributed by atoms with Gasteiger partial charge in [0, 0.05) is 19.0 Å². The molecule has 0 saturated heterocycles. The molecule has 0 aromatic heterocycles. The molecular weight excluding hydrogens is 208 g/mol. The fraction of sp³-hybridized carbons (Fsp3) is 0.800. The second kappa shape index (κ2) is 6.32. The minimum Gasteiger partial charge on any atom is -0.409 e. The first-order chi connectivity index (χ1) is 7.67. The summed E-state index contributed by atoms with van der Waals surface area (Å²) < 4.78 is 0. The van der Waals surface area contributed by atoms with Crippen molar-refractivity contribution in [1.82, 2.24) is 10.6 Å². The SMILES string of the molecule is CCC(NCCC(=O)NC1CC1)C(N)=NO. The first kappa shape index (κ1) is 12.8. The Kier molecular flexibility index (Phi) is 5.04. The zero-order valence-corrected chi connectivity index (χ0v) is 9.57. The molecule has 0 aromatic carbocycles. The number of rotatable bonds is 7. The standard InChI is InChI=1S/C10H20N4O2/c1-2-8(10(11)14-16)12-6-5-9(15)13-7-3-4-7/h7-8,12,16H,2-6H2,1H3,(H2,11,14)(H,13,15). The molecule has 1 aliphatic rings. The van der Waals surface area contributed by atoms with Crippen LogP contribution in [0.2, 0.25) is 0 Å². The Morgan fingerprint density at radius 2 is 2.31 bits per heavy atom. The van der Waals surface area contributed by atoms with Gasteiger partial charge in [0.15, 0.2) is 5.84 Å².